The number of benzene rings is 3. The number of anilines is 1. The van der Waals surface area contributed by atoms with Crippen LogP contribution in [0.15, 0.2) is 71.3 Å². The highest BCUT2D eigenvalue weighted by Gasteiger charge is 2.61. The molecule has 3 aliphatic rings. The number of para-hydroxylation sites is 2. The summed E-state index contributed by atoms with van der Waals surface area (Å²) >= 11 is 0. The fourth-order valence-electron chi connectivity index (χ4n) is 7.88. The standard InChI is InChI=1S/C41H42N6O8/c1-19(2)31-39-47-33(37(51)43-18-28(48)23-17-42-32-22(23)9-8-12-30(32)53-5)35(55-39)41-24-10-6-7-11-26(24)45-40(41)54-29-14-13-21(15-25(29)41)16-27(36(50)46-31)44-38(52)34(49)20(3)4/h6-15,17,19-20,27,31,34,40,42,45,49H,16,18H2,1-5H3,(H,43,51)(H,44,52)(H,46,50)/t27-,31-,34-,40?,41?/m0/s1. The van der Waals surface area contributed by atoms with Gasteiger partial charge in [0.05, 0.1) is 19.2 Å². The number of oxazole rings is 1. The number of aromatic nitrogens is 2. The van der Waals surface area contributed by atoms with Crippen molar-refractivity contribution in [1.82, 2.24) is 25.9 Å². The number of nitrogens with one attached hydrogen (secondary N) is 5. The zero-order valence-electron chi connectivity index (χ0n) is 31.0. The number of ketones is 1. The molecule has 1 spiro atoms. The summed E-state index contributed by atoms with van der Waals surface area (Å²) in [5.74, 6) is -1.49. The number of aromatic amines is 1. The van der Waals surface area contributed by atoms with Crippen LogP contribution in [0.2, 0.25) is 0 Å². The minimum absolute atomic E-state index is 0.0635. The van der Waals surface area contributed by atoms with Gasteiger partial charge in [-0.05, 0) is 41.2 Å². The van der Waals surface area contributed by atoms with E-state index in [4.69, 9.17) is 18.9 Å². The van der Waals surface area contributed by atoms with Crippen molar-refractivity contribution < 1.29 is 38.2 Å². The molecule has 3 amide bonds. The van der Waals surface area contributed by atoms with E-state index in [0.29, 0.717) is 39.1 Å². The molecule has 4 bridgehead atoms. The van der Waals surface area contributed by atoms with Crippen LogP contribution < -0.4 is 30.7 Å². The second kappa shape index (κ2) is 13.6. The van der Waals surface area contributed by atoms with Crippen molar-refractivity contribution >= 4 is 40.1 Å². The molecule has 14 heteroatoms. The smallest absolute Gasteiger partial charge is 0.273 e. The lowest BCUT2D eigenvalue weighted by molar-refractivity contribution is -0.135. The van der Waals surface area contributed by atoms with Crippen molar-refractivity contribution in [2.45, 2.75) is 63.9 Å². The Morgan fingerprint density at radius 2 is 1.84 bits per heavy atom. The minimum Gasteiger partial charge on any atom is -0.495 e. The molecule has 5 atom stereocenters. The highest BCUT2D eigenvalue weighted by molar-refractivity contribution is 6.11. The van der Waals surface area contributed by atoms with E-state index in [2.05, 4.69) is 26.3 Å². The Bertz CT molecular complexity index is 2360. The number of carbonyl (C=O) groups excluding carboxylic acids is 4. The number of Topliss-reactive ketones (excluding diaryl/α,β-unsaturated/α-hetero) is 1. The summed E-state index contributed by atoms with van der Waals surface area (Å²) < 4.78 is 18.7. The van der Waals surface area contributed by atoms with Gasteiger partial charge in [0.15, 0.2) is 23.5 Å². The molecule has 6 N–H and O–H groups in total. The number of methoxy groups -OCH3 is 1. The normalized spacial score (nSPS) is 21.4. The Hall–Kier alpha value is -6.15. The summed E-state index contributed by atoms with van der Waals surface area (Å²) in [5, 5.41) is 23.2. The first kappa shape index (κ1) is 35.9. The Kier molecular flexibility index (Phi) is 8.87. The lowest BCUT2D eigenvalue weighted by atomic mass is 9.72. The lowest BCUT2D eigenvalue weighted by Gasteiger charge is -2.29. The van der Waals surface area contributed by atoms with Crippen molar-refractivity contribution in [3.05, 3.63) is 106 Å². The van der Waals surface area contributed by atoms with E-state index in [0.717, 1.165) is 11.3 Å². The molecule has 14 nitrogen and oxygen atoms in total. The maximum absolute atomic E-state index is 14.4. The summed E-state index contributed by atoms with van der Waals surface area (Å²) in [5.41, 5.74) is 2.66. The second-order valence-electron chi connectivity index (χ2n) is 14.9. The number of aliphatic hydroxyl groups excluding tert-OH is 1. The first-order chi connectivity index (χ1) is 26.4. The van der Waals surface area contributed by atoms with Gasteiger partial charge in [0.2, 0.25) is 17.7 Å². The van der Waals surface area contributed by atoms with E-state index >= 15 is 0 Å². The van der Waals surface area contributed by atoms with Crippen LogP contribution >= 0.6 is 0 Å². The predicted molar refractivity (Wildman–Crippen MR) is 201 cm³/mol. The molecule has 0 saturated heterocycles. The van der Waals surface area contributed by atoms with Gasteiger partial charge in [-0.25, -0.2) is 4.98 Å². The van der Waals surface area contributed by atoms with E-state index in [1.165, 1.54) is 0 Å². The zero-order valence-corrected chi connectivity index (χ0v) is 31.0. The summed E-state index contributed by atoms with van der Waals surface area (Å²) in [6.45, 7) is 6.83. The molecule has 2 unspecified atom stereocenters. The lowest BCUT2D eigenvalue weighted by Crippen LogP contribution is -2.52. The van der Waals surface area contributed by atoms with Crippen LogP contribution in [0, 0.1) is 11.8 Å². The van der Waals surface area contributed by atoms with Crippen LogP contribution in [0.4, 0.5) is 5.69 Å². The van der Waals surface area contributed by atoms with Crippen LogP contribution in [-0.2, 0) is 21.4 Å². The van der Waals surface area contributed by atoms with E-state index in [9.17, 15) is 24.3 Å². The van der Waals surface area contributed by atoms with E-state index in [-0.39, 0.29) is 47.9 Å². The minimum atomic E-state index is -1.32. The number of H-pyrrole nitrogens is 1. The SMILES string of the molecule is COc1cccc2c(C(=O)CNC(=O)c3nc4oc3C35c6ccccc6NC3Oc3ccc(cc35)C[C@H](NC(=O)[C@@H](O)C(C)C)C(=O)N[C@H]4C(C)C)c[nH]c12. The van der Waals surface area contributed by atoms with Gasteiger partial charge in [-0.15, -0.1) is 0 Å². The average molecular weight is 747 g/mol. The van der Waals surface area contributed by atoms with Gasteiger partial charge in [-0.1, -0.05) is 70.2 Å². The molecule has 284 valence electrons. The molecular weight excluding hydrogens is 704 g/mol. The van der Waals surface area contributed by atoms with Crippen LogP contribution in [-0.4, -0.2) is 70.6 Å². The van der Waals surface area contributed by atoms with Crippen LogP contribution in [0.1, 0.15) is 82.9 Å². The van der Waals surface area contributed by atoms with Gasteiger partial charge in [-0.2, -0.15) is 0 Å². The van der Waals surface area contributed by atoms with Crippen molar-refractivity contribution in [2.75, 3.05) is 19.0 Å². The van der Waals surface area contributed by atoms with Gasteiger partial charge in [0, 0.05) is 34.8 Å². The van der Waals surface area contributed by atoms with Gasteiger partial charge in [0.25, 0.3) is 5.91 Å². The monoisotopic (exact) mass is 746 g/mol. The quantitative estimate of drug-likeness (QED) is 0.119. The molecule has 5 aromatic rings. The van der Waals surface area contributed by atoms with Crippen molar-refractivity contribution in [1.29, 1.82) is 0 Å². The number of fused-ring (bicyclic) bond motifs is 5. The summed E-state index contributed by atoms with van der Waals surface area (Å²) in [4.78, 5) is 63.2. The number of carbonyl (C=O) groups is 4. The Labute approximate surface area is 316 Å². The van der Waals surface area contributed by atoms with E-state index < -0.39 is 47.6 Å². The molecule has 2 aromatic heterocycles. The topological polar surface area (TPSA) is 197 Å². The third kappa shape index (κ3) is 5.79. The first-order valence-electron chi connectivity index (χ1n) is 18.3. The Morgan fingerprint density at radius 3 is 2.60 bits per heavy atom. The van der Waals surface area contributed by atoms with Crippen LogP contribution in [0.25, 0.3) is 10.9 Å². The number of aliphatic hydroxyl groups is 1. The highest BCUT2D eigenvalue weighted by Crippen LogP contribution is 2.58. The molecule has 5 heterocycles. The molecule has 0 saturated carbocycles. The number of hydrogen-bond donors (Lipinski definition) is 6. The van der Waals surface area contributed by atoms with Crippen molar-refractivity contribution in [3.8, 4) is 11.5 Å². The number of hydrogen-bond acceptors (Lipinski definition) is 10. The van der Waals surface area contributed by atoms with E-state index in [1.807, 2.05) is 50.2 Å². The number of ether oxygens (including phenoxy) is 2. The largest absolute Gasteiger partial charge is 0.495 e. The Morgan fingerprint density at radius 1 is 1.04 bits per heavy atom. The van der Waals surface area contributed by atoms with Gasteiger partial charge in [0.1, 0.15) is 35.1 Å². The molecule has 3 aromatic carbocycles. The second-order valence-corrected chi connectivity index (χ2v) is 14.9. The maximum atomic E-state index is 14.4. The maximum Gasteiger partial charge on any atom is 0.273 e. The fourth-order valence-corrected chi connectivity index (χ4v) is 7.88. The number of amides is 3. The summed E-state index contributed by atoms with van der Waals surface area (Å²) in [6.07, 6.45) is -0.392. The molecule has 0 fully saturated rings. The van der Waals surface area contributed by atoms with Crippen molar-refractivity contribution in [3.63, 3.8) is 0 Å². The Balaban J connectivity index is 1.24. The fraction of sp³-hybridized carbons (Fsp3) is 0.341. The average Bonchev–Trinajstić information content (AvgIpc) is 3.94. The number of nitrogens with zero attached hydrogens (tertiary/aromatic N) is 1. The third-order valence-electron chi connectivity index (χ3n) is 10.8. The molecule has 3 aliphatic heterocycles. The summed E-state index contributed by atoms with van der Waals surface area (Å²) in [7, 11) is 1.55. The van der Waals surface area contributed by atoms with Crippen LogP contribution in [0.5, 0.6) is 11.5 Å². The van der Waals surface area contributed by atoms with Gasteiger partial charge >= 0.3 is 0 Å². The van der Waals surface area contributed by atoms with Crippen LogP contribution in [0.3, 0.4) is 0 Å². The van der Waals surface area contributed by atoms with Gasteiger partial charge < -0.3 is 45.2 Å². The van der Waals surface area contributed by atoms with Gasteiger partial charge in [-0.3, -0.25) is 19.2 Å². The van der Waals surface area contributed by atoms with Crippen molar-refractivity contribution in [2.24, 2.45) is 11.8 Å². The zero-order chi connectivity index (χ0) is 38.8. The molecule has 0 aliphatic carbocycles. The predicted octanol–water partition coefficient (Wildman–Crippen LogP) is 4.13. The summed E-state index contributed by atoms with van der Waals surface area (Å²) in [6, 6.07) is 16.6. The first-order valence-corrected chi connectivity index (χ1v) is 18.3. The molecule has 55 heavy (non-hydrogen) atoms. The molecule has 0 radical (unpaired) electrons. The molecular formula is C41H42N6O8. The van der Waals surface area contributed by atoms with E-state index in [1.54, 1.807) is 51.4 Å². The number of rotatable bonds is 9. The third-order valence-corrected chi connectivity index (χ3v) is 10.8. The molecule has 8 rings (SSSR count). The highest BCUT2D eigenvalue weighted by atomic mass is 16.5.